The molecular weight excluding hydrogens is 377 g/mol. The van der Waals surface area contributed by atoms with Crippen LogP contribution in [0.25, 0.3) is 22.0 Å². The van der Waals surface area contributed by atoms with Crippen molar-refractivity contribution in [3.05, 3.63) is 58.6 Å². The molecule has 1 atom stereocenters. The van der Waals surface area contributed by atoms with Gasteiger partial charge in [0, 0.05) is 5.39 Å². The maximum absolute atomic E-state index is 13.3. The zero-order valence-corrected chi connectivity index (χ0v) is 16.4. The van der Waals surface area contributed by atoms with Crippen molar-refractivity contribution < 1.29 is 9.13 Å². The van der Waals surface area contributed by atoms with E-state index in [1.807, 2.05) is 26.0 Å². The third kappa shape index (κ3) is 3.50. The number of benzene rings is 2. The molecule has 0 aliphatic heterocycles. The van der Waals surface area contributed by atoms with Crippen molar-refractivity contribution >= 4 is 28.1 Å². The second-order valence-corrected chi connectivity index (χ2v) is 7.54. The molecule has 1 unspecified atom stereocenters. The molecule has 2 aromatic carbocycles. The quantitative estimate of drug-likeness (QED) is 0.524. The summed E-state index contributed by atoms with van der Waals surface area (Å²) in [7, 11) is 1.60. The minimum atomic E-state index is -0.275. The van der Waals surface area contributed by atoms with Gasteiger partial charge in [-0.25, -0.2) is 14.4 Å². The van der Waals surface area contributed by atoms with Gasteiger partial charge in [-0.15, -0.1) is 10.2 Å². The van der Waals surface area contributed by atoms with Crippen LogP contribution in [-0.4, -0.2) is 27.3 Å². The normalized spacial score (nSPS) is 12.1. The lowest BCUT2D eigenvalue weighted by Gasteiger charge is -2.15. The molecule has 0 bridgehead atoms. The van der Waals surface area contributed by atoms with Gasteiger partial charge in [-0.2, -0.15) is 0 Å². The predicted octanol–water partition coefficient (Wildman–Crippen LogP) is 4.78. The van der Waals surface area contributed by atoms with Gasteiger partial charge in [-0.1, -0.05) is 23.5 Å². The highest BCUT2D eigenvalue weighted by Gasteiger charge is 2.16. The van der Waals surface area contributed by atoms with E-state index in [-0.39, 0.29) is 11.9 Å². The molecule has 4 rings (SSSR count). The van der Waals surface area contributed by atoms with E-state index in [1.165, 1.54) is 18.5 Å². The average molecular weight is 395 g/mol. The maximum Gasteiger partial charge on any atom is 0.145 e. The van der Waals surface area contributed by atoms with Crippen molar-refractivity contribution in [2.24, 2.45) is 0 Å². The van der Waals surface area contributed by atoms with Crippen molar-refractivity contribution in [1.29, 1.82) is 0 Å². The first-order valence-electron chi connectivity index (χ1n) is 8.70. The highest BCUT2D eigenvalue weighted by Crippen LogP contribution is 2.35. The van der Waals surface area contributed by atoms with Crippen LogP contribution in [0.1, 0.15) is 23.0 Å². The number of methoxy groups -OCH3 is 1. The summed E-state index contributed by atoms with van der Waals surface area (Å²) in [6.07, 6.45) is 1.50. The van der Waals surface area contributed by atoms with Gasteiger partial charge in [-0.3, -0.25) is 0 Å². The Hall–Kier alpha value is -3.13. The summed E-state index contributed by atoms with van der Waals surface area (Å²) in [6, 6.07) is 10.2. The molecule has 142 valence electrons. The summed E-state index contributed by atoms with van der Waals surface area (Å²) >= 11 is 1.54. The highest BCUT2D eigenvalue weighted by molar-refractivity contribution is 7.11. The van der Waals surface area contributed by atoms with Crippen molar-refractivity contribution in [2.45, 2.75) is 19.9 Å². The lowest BCUT2D eigenvalue weighted by Crippen LogP contribution is -2.08. The molecule has 0 aliphatic rings. The lowest BCUT2D eigenvalue weighted by atomic mass is 10.0. The molecule has 1 N–H and O–H groups in total. The number of aromatic nitrogens is 4. The number of aryl methyl sites for hydroxylation is 1. The van der Waals surface area contributed by atoms with Gasteiger partial charge in [0.05, 0.1) is 13.2 Å². The van der Waals surface area contributed by atoms with E-state index in [0.717, 1.165) is 26.5 Å². The zero-order valence-electron chi connectivity index (χ0n) is 15.6. The molecule has 6 nitrogen and oxygen atoms in total. The standard InChI is InChI=1S/C20H18FN5OS/c1-11(20-26-25-12(2)28-20)24-19-16-8-14(13-4-6-15(21)7-5-13)9-17(27-3)18(16)22-10-23-19/h4-11H,1-3H3,(H,22,23,24). The average Bonchev–Trinajstić information content (AvgIpc) is 3.14. The topological polar surface area (TPSA) is 72.8 Å². The molecule has 0 fully saturated rings. The van der Waals surface area contributed by atoms with Crippen LogP contribution in [0.5, 0.6) is 5.75 Å². The van der Waals surface area contributed by atoms with Crippen molar-refractivity contribution in [3.63, 3.8) is 0 Å². The van der Waals surface area contributed by atoms with Gasteiger partial charge in [0.15, 0.2) is 0 Å². The van der Waals surface area contributed by atoms with E-state index >= 15 is 0 Å². The predicted molar refractivity (Wildman–Crippen MR) is 108 cm³/mol. The largest absolute Gasteiger partial charge is 0.494 e. The molecule has 28 heavy (non-hydrogen) atoms. The molecule has 2 heterocycles. The van der Waals surface area contributed by atoms with Crippen LogP contribution in [0.4, 0.5) is 10.2 Å². The summed E-state index contributed by atoms with van der Waals surface area (Å²) in [4.78, 5) is 8.81. The summed E-state index contributed by atoms with van der Waals surface area (Å²) in [5.74, 6) is 1.03. The Labute approximate surface area is 165 Å². The molecule has 0 aliphatic carbocycles. The first-order chi connectivity index (χ1) is 13.5. The molecule has 4 aromatic rings. The summed E-state index contributed by atoms with van der Waals surface area (Å²) in [5, 5.41) is 14.3. The number of halogens is 1. The number of anilines is 1. The van der Waals surface area contributed by atoms with Crippen molar-refractivity contribution in [1.82, 2.24) is 20.2 Å². The Balaban J connectivity index is 1.80. The second kappa shape index (κ2) is 7.47. The van der Waals surface area contributed by atoms with Crippen LogP contribution in [0.15, 0.2) is 42.7 Å². The van der Waals surface area contributed by atoms with Crippen molar-refractivity contribution in [2.75, 3.05) is 12.4 Å². The van der Waals surface area contributed by atoms with Crippen LogP contribution in [0.3, 0.4) is 0 Å². The van der Waals surface area contributed by atoms with Gasteiger partial charge < -0.3 is 10.1 Å². The molecule has 8 heteroatoms. The van der Waals surface area contributed by atoms with Crippen LogP contribution in [0, 0.1) is 12.7 Å². The molecule has 2 aromatic heterocycles. The number of hydrogen-bond acceptors (Lipinski definition) is 7. The van der Waals surface area contributed by atoms with E-state index in [4.69, 9.17) is 4.74 Å². The molecule has 0 saturated carbocycles. The maximum atomic E-state index is 13.3. The molecule has 0 saturated heterocycles. The first-order valence-corrected chi connectivity index (χ1v) is 9.52. The molecule has 0 amide bonds. The number of nitrogens with zero attached hydrogens (tertiary/aromatic N) is 4. The second-order valence-electron chi connectivity index (χ2n) is 6.33. The fourth-order valence-corrected chi connectivity index (χ4v) is 3.67. The molecule has 0 radical (unpaired) electrons. The van der Waals surface area contributed by atoms with Crippen LogP contribution < -0.4 is 10.1 Å². The third-order valence-corrected chi connectivity index (χ3v) is 5.39. The SMILES string of the molecule is COc1cc(-c2ccc(F)cc2)cc2c(NC(C)c3nnc(C)s3)ncnc12. The minimum absolute atomic E-state index is 0.0650. The van der Waals surface area contributed by atoms with Gasteiger partial charge in [0.2, 0.25) is 0 Å². The van der Waals surface area contributed by atoms with Crippen LogP contribution in [-0.2, 0) is 0 Å². The summed E-state index contributed by atoms with van der Waals surface area (Å²) in [5.41, 5.74) is 2.47. The fourth-order valence-electron chi connectivity index (χ4n) is 2.97. The van der Waals surface area contributed by atoms with E-state index in [9.17, 15) is 4.39 Å². The Morgan fingerprint density at radius 3 is 2.54 bits per heavy atom. The number of rotatable bonds is 5. The number of fused-ring (bicyclic) bond motifs is 1. The summed E-state index contributed by atoms with van der Waals surface area (Å²) in [6.45, 7) is 3.93. The Bertz CT molecular complexity index is 1130. The van der Waals surface area contributed by atoms with E-state index in [2.05, 4.69) is 25.5 Å². The summed E-state index contributed by atoms with van der Waals surface area (Å²) < 4.78 is 18.9. The smallest absolute Gasteiger partial charge is 0.145 e. The molecular formula is C20H18FN5OS. The minimum Gasteiger partial charge on any atom is -0.494 e. The van der Waals surface area contributed by atoms with E-state index in [1.54, 1.807) is 30.6 Å². The monoisotopic (exact) mass is 395 g/mol. The Morgan fingerprint density at radius 2 is 1.86 bits per heavy atom. The number of nitrogens with one attached hydrogen (secondary N) is 1. The third-order valence-electron chi connectivity index (χ3n) is 4.37. The molecule has 0 spiro atoms. The zero-order chi connectivity index (χ0) is 19.7. The highest BCUT2D eigenvalue weighted by atomic mass is 32.1. The Morgan fingerprint density at radius 1 is 1.07 bits per heavy atom. The number of hydrogen-bond donors (Lipinski definition) is 1. The Kier molecular flexibility index (Phi) is 4.87. The van der Waals surface area contributed by atoms with E-state index in [0.29, 0.717) is 17.1 Å². The van der Waals surface area contributed by atoms with Gasteiger partial charge in [-0.05, 0) is 49.2 Å². The van der Waals surface area contributed by atoms with E-state index < -0.39 is 0 Å². The van der Waals surface area contributed by atoms with Gasteiger partial charge >= 0.3 is 0 Å². The first kappa shape index (κ1) is 18.2. The van der Waals surface area contributed by atoms with Crippen LogP contribution in [0.2, 0.25) is 0 Å². The van der Waals surface area contributed by atoms with Crippen LogP contribution >= 0.6 is 11.3 Å². The van der Waals surface area contributed by atoms with Crippen molar-refractivity contribution in [3.8, 4) is 16.9 Å². The fraction of sp³-hybridized carbons (Fsp3) is 0.200. The van der Waals surface area contributed by atoms with Gasteiger partial charge in [0.1, 0.15) is 39.2 Å². The number of ether oxygens (including phenoxy) is 1. The lowest BCUT2D eigenvalue weighted by molar-refractivity contribution is 0.419. The van der Waals surface area contributed by atoms with Gasteiger partial charge in [0.25, 0.3) is 0 Å².